The SMILES string of the molecule is C[C@]1(COc2nc(N[C@@H]3CCC[C@H](c4nnc5ccccn45)C3)ncc2C(F)(F)F)CCO1. The third kappa shape index (κ3) is 4.59. The maximum absolute atomic E-state index is 13.5. The number of rotatable bonds is 6. The Labute approximate surface area is 188 Å². The largest absolute Gasteiger partial charge is 0.474 e. The molecule has 5 rings (SSSR count). The normalized spacial score (nSPS) is 25.6. The highest BCUT2D eigenvalue weighted by Gasteiger charge is 2.39. The molecule has 1 saturated heterocycles. The first-order valence-electron chi connectivity index (χ1n) is 11.1. The van der Waals surface area contributed by atoms with Gasteiger partial charge in [-0.05, 0) is 38.3 Å². The molecule has 176 valence electrons. The van der Waals surface area contributed by atoms with Crippen molar-refractivity contribution >= 4 is 11.6 Å². The number of hydrogen-bond donors (Lipinski definition) is 1. The number of aromatic nitrogens is 5. The standard InChI is InChI=1S/C22H25F3N6O2/c1-21(8-10-33-21)13-32-19-16(22(23,24)25)12-26-20(28-19)27-15-6-4-5-14(11-15)18-30-29-17-7-2-3-9-31(17)18/h2-3,7,9,12,14-15H,4-6,8,10-11,13H2,1H3,(H,26,27,28)/t14-,15+,21+/m0/s1. The summed E-state index contributed by atoms with van der Waals surface area (Å²) in [6.07, 6.45) is 2.36. The summed E-state index contributed by atoms with van der Waals surface area (Å²) < 4.78 is 53.3. The molecule has 0 radical (unpaired) electrons. The predicted molar refractivity (Wildman–Crippen MR) is 113 cm³/mol. The average molecular weight is 462 g/mol. The van der Waals surface area contributed by atoms with E-state index in [4.69, 9.17) is 9.47 Å². The molecular formula is C22H25F3N6O2. The highest BCUT2D eigenvalue weighted by molar-refractivity contribution is 5.38. The van der Waals surface area contributed by atoms with Crippen molar-refractivity contribution in [1.29, 1.82) is 0 Å². The highest BCUT2D eigenvalue weighted by atomic mass is 19.4. The highest BCUT2D eigenvalue weighted by Crippen LogP contribution is 2.37. The van der Waals surface area contributed by atoms with Crippen LogP contribution in [0.1, 0.15) is 56.3 Å². The summed E-state index contributed by atoms with van der Waals surface area (Å²) >= 11 is 0. The Morgan fingerprint density at radius 1 is 1.27 bits per heavy atom. The predicted octanol–water partition coefficient (Wildman–Crippen LogP) is 4.23. The number of ether oxygens (including phenoxy) is 2. The lowest BCUT2D eigenvalue weighted by Gasteiger charge is -2.38. The van der Waals surface area contributed by atoms with Gasteiger partial charge in [-0.2, -0.15) is 18.2 Å². The first-order valence-corrected chi connectivity index (χ1v) is 11.1. The monoisotopic (exact) mass is 462 g/mol. The number of alkyl halides is 3. The van der Waals surface area contributed by atoms with Crippen LogP contribution in [0.3, 0.4) is 0 Å². The molecule has 11 heteroatoms. The zero-order valence-electron chi connectivity index (χ0n) is 18.2. The van der Waals surface area contributed by atoms with Gasteiger partial charge >= 0.3 is 6.18 Å². The summed E-state index contributed by atoms with van der Waals surface area (Å²) in [5.74, 6) is 0.708. The molecule has 0 amide bonds. The van der Waals surface area contributed by atoms with Gasteiger partial charge in [-0.25, -0.2) is 4.98 Å². The van der Waals surface area contributed by atoms with Gasteiger partial charge in [0.15, 0.2) is 5.65 Å². The first kappa shape index (κ1) is 21.9. The summed E-state index contributed by atoms with van der Waals surface area (Å²) in [5.41, 5.74) is -0.786. The molecule has 3 aromatic rings. The molecule has 4 heterocycles. The van der Waals surface area contributed by atoms with Crippen molar-refractivity contribution in [2.45, 2.75) is 62.8 Å². The van der Waals surface area contributed by atoms with E-state index in [0.717, 1.165) is 49.8 Å². The van der Waals surface area contributed by atoms with Gasteiger partial charge in [0.2, 0.25) is 11.8 Å². The summed E-state index contributed by atoms with van der Waals surface area (Å²) in [6, 6.07) is 5.75. The molecule has 0 aromatic carbocycles. The Hall–Kier alpha value is -2.95. The van der Waals surface area contributed by atoms with Crippen LogP contribution in [0.5, 0.6) is 5.88 Å². The van der Waals surface area contributed by atoms with Crippen LogP contribution < -0.4 is 10.1 Å². The molecule has 0 bridgehead atoms. The maximum Gasteiger partial charge on any atom is 0.423 e. The Morgan fingerprint density at radius 2 is 2.12 bits per heavy atom. The molecular weight excluding hydrogens is 437 g/mol. The second-order valence-corrected chi connectivity index (χ2v) is 8.94. The molecule has 2 aliphatic rings. The van der Waals surface area contributed by atoms with E-state index in [-0.39, 0.29) is 24.5 Å². The van der Waals surface area contributed by atoms with Crippen LogP contribution in [0.25, 0.3) is 5.65 Å². The number of halogens is 3. The Bertz CT molecular complexity index is 1130. The molecule has 3 atom stereocenters. The fraction of sp³-hybridized carbons (Fsp3) is 0.545. The number of hydrogen-bond acceptors (Lipinski definition) is 7. The van der Waals surface area contributed by atoms with Crippen LogP contribution >= 0.6 is 0 Å². The third-order valence-corrected chi connectivity index (χ3v) is 6.37. The van der Waals surface area contributed by atoms with Crippen molar-refractivity contribution in [3.8, 4) is 5.88 Å². The second kappa shape index (κ2) is 8.44. The van der Waals surface area contributed by atoms with Crippen molar-refractivity contribution in [2.75, 3.05) is 18.5 Å². The quantitative estimate of drug-likeness (QED) is 0.587. The zero-order valence-corrected chi connectivity index (χ0v) is 18.2. The van der Waals surface area contributed by atoms with E-state index in [1.54, 1.807) is 6.92 Å². The minimum Gasteiger partial charge on any atom is -0.474 e. The van der Waals surface area contributed by atoms with Crippen LogP contribution in [0, 0.1) is 0 Å². The van der Waals surface area contributed by atoms with Crippen LogP contribution in [0.15, 0.2) is 30.6 Å². The fourth-order valence-electron chi connectivity index (χ4n) is 4.40. The van der Waals surface area contributed by atoms with Gasteiger partial charge in [0.05, 0.1) is 6.61 Å². The van der Waals surface area contributed by atoms with Crippen LogP contribution in [0.2, 0.25) is 0 Å². The van der Waals surface area contributed by atoms with Gasteiger partial charge in [-0.1, -0.05) is 12.5 Å². The lowest BCUT2D eigenvalue weighted by molar-refractivity contribution is -0.157. The van der Waals surface area contributed by atoms with Gasteiger partial charge < -0.3 is 14.8 Å². The fourth-order valence-corrected chi connectivity index (χ4v) is 4.40. The summed E-state index contributed by atoms with van der Waals surface area (Å²) in [7, 11) is 0. The van der Waals surface area contributed by atoms with Crippen molar-refractivity contribution < 1.29 is 22.6 Å². The molecule has 1 aliphatic carbocycles. The van der Waals surface area contributed by atoms with E-state index in [1.165, 1.54) is 0 Å². The van der Waals surface area contributed by atoms with E-state index in [1.807, 2.05) is 28.8 Å². The number of nitrogens with one attached hydrogen (secondary N) is 1. The van der Waals surface area contributed by atoms with Gasteiger partial charge in [-0.15, -0.1) is 10.2 Å². The maximum atomic E-state index is 13.5. The molecule has 2 fully saturated rings. The van der Waals surface area contributed by atoms with Crippen LogP contribution in [-0.2, 0) is 10.9 Å². The van der Waals surface area contributed by atoms with Gasteiger partial charge in [0.25, 0.3) is 0 Å². The van der Waals surface area contributed by atoms with Crippen LogP contribution in [0.4, 0.5) is 19.1 Å². The van der Waals surface area contributed by atoms with Crippen LogP contribution in [-0.4, -0.2) is 49.4 Å². The van der Waals surface area contributed by atoms with E-state index in [2.05, 4.69) is 25.5 Å². The number of nitrogens with zero attached hydrogens (tertiary/aromatic N) is 5. The van der Waals surface area contributed by atoms with E-state index in [9.17, 15) is 13.2 Å². The Balaban J connectivity index is 1.32. The van der Waals surface area contributed by atoms with E-state index < -0.39 is 23.2 Å². The number of anilines is 1. The molecule has 0 spiro atoms. The average Bonchev–Trinajstić information content (AvgIpc) is 3.20. The van der Waals surface area contributed by atoms with E-state index >= 15 is 0 Å². The van der Waals surface area contributed by atoms with Gasteiger partial charge in [0, 0.05) is 30.8 Å². The van der Waals surface area contributed by atoms with Gasteiger partial charge in [0.1, 0.15) is 23.6 Å². The minimum absolute atomic E-state index is 0.00199. The molecule has 1 saturated carbocycles. The zero-order chi connectivity index (χ0) is 23.1. The first-order chi connectivity index (χ1) is 15.8. The summed E-state index contributed by atoms with van der Waals surface area (Å²) in [4.78, 5) is 8.01. The molecule has 1 N–H and O–H groups in total. The lowest BCUT2D eigenvalue weighted by atomic mass is 9.85. The third-order valence-electron chi connectivity index (χ3n) is 6.37. The summed E-state index contributed by atoms with van der Waals surface area (Å²) in [5, 5.41) is 11.8. The van der Waals surface area contributed by atoms with E-state index in [0.29, 0.717) is 6.61 Å². The molecule has 8 nitrogen and oxygen atoms in total. The summed E-state index contributed by atoms with van der Waals surface area (Å²) in [6.45, 7) is 2.38. The van der Waals surface area contributed by atoms with Crippen molar-refractivity contribution in [3.05, 3.63) is 42.0 Å². The smallest absolute Gasteiger partial charge is 0.423 e. The number of fused-ring (bicyclic) bond motifs is 1. The molecule has 33 heavy (non-hydrogen) atoms. The van der Waals surface area contributed by atoms with Crippen molar-refractivity contribution in [1.82, 2.24) is 24.6 Å². The molecule has 3 aromatic heterocycles. The second-order valence-electron chi connectivity index (χ2n) is 8.94. The Kier molecular flexibility index (Phi) is 5.59. The van der Waals surface area contributed by atoms with Crippen molar-refractivity contribution in [2.24, 2.45) is 0 Å². The van der Waals surface area contributed by atoms with Crippen molar-refractivity contribution in [3.63, 3.8) is 0 Å². The van der Waals surface area contributed by atoms with Gasteiger partial charge in [-0.3, -0.25) is 4.40 Å². The minimum atomic E-state index is -4.61. The molecule has 1 aliphatic heterocycles. The number of pyridine rings is 1. The Morgan fingerprint density at radius 3 is 2.88 bits per heavy atom. The molecule has 0 unspecified atom stereocenters. The topological polar surface area (TPSA) is 86.5 Å². The lowest BCUT2D eigenvalue weighted by Crippen LogP contribution is -2.46.